The number of non-ortho nitro benzene ring substituents is 1. The number of anilines is 4. The molecular formula is C107H103Br13ClN9O6S3. The van der Waals surface area contributed by atoms with E-state index in [2.05, 4.69) is 435 Å². The maximum atomic E-state index is 12.3. The van der Waals surface area contributed by atoms with Crippen LogP contribution in [0.25, 0.3) is 41.6 Å². The molecule has 728 valence electrons. The molecule has 13 aromatic carbocycles. The highest BCUT2D eigenvalue weighted by Crippen LogP contribution is 2.42. The van der Waals surface area contributed by atoms with Crippen LogP contribution in [0.1, 0.15) is 158 Å². The van der Waals surface area contributed by atoms with Gasteiger partial charge in [-0.05, 0) is 383 Å². The summed E-state index contributed by atoms with van der Waals surface area (Å²) in [6.45, 7) is 37.1. The Labute approximate surface area is 942 Å². The zero-order chi connectivity index (χ0) is 103. The molecule has 139 heavy (non-hydrogen) atoms. The normalized spacial score (nSPS) is 11.7. The molecule has 1 aliphatic heterocycles. The minimum Gasteiger partial charge on any atom is -0.398 e. The number of hydrogen-bond donors (Lipinski definition) is 4. The van der Waals surface area contributed by atoms with E-state index in [9.17, 15) is 29.8 Å². The SMILES string of the molecule is Brc1ccccc1Br.CC(C)(C)c1ccc(-c2nc3cccc(Br)c3s2)cc1.CC(C)(C)c1ccc(-c2nc3cccc(N4CCNCC4)c3s2)cc1.CC(C)(C)c1ccc(C(=O)Cl)cc1.CC(C)(C)c1ccc(C(=O)Nc2cccc(Br)c2Br)cc1.CC(C)(C)c1ccc(C(=S)Nc2cccc(Br)c2Br)cc1.Nc1cccc(Br)c1Br.O=[N+]([O-])c1ccc(Br)c(Br)c1.O=[N+]([O-])c1cccc(Br)c1Br. The number of thiocarbonyl (C=S) groups is 1. The molecule has 2 aromatic heterocycles. The van der Waals surface area contributed by atoms with Gasteiger partial charge in [-0.25, -0.2) is 9.97 Å². The average molecular weight is 2780 g/mol. The van der Waals surface area contributed by atoms with Crippen LogP contribution < -0.4 is 26.6 Å². The Balaban J connectivity index is 0.000000196. The summed E-state index contributed by atoms with van der Waals surface area (Å²) in [7, 11) is 0. The lowest BCUT2D eigenvalue weighted by molar-refractivity contribution is -0.385. The van der Waals surface area contributed by atoms with E-state index in [1.165, 1.54) is 72.2 Å². The number of nitrogens with zero attached hydrogens (tertiary/aromatic N) is 5. The monoisotopic (exact) mass is 2770 g/mol. The largest absolute Gasteiger partial charge is 0.398 e. The number of benzene rings is 13. The number of nitrogens with one attached hydrogen (secondary N) is 3. The van der Waals surface area contributed by atoms with E-state index in [1.54, 1.807) is 41.7 Å². The molecule has 32 heteroatoms. The zero-order valence-electron chi connectivity index (χ0n) is 78.6. The van der Waals surface area contributed by atoms with E-state index in [1.807, 2.05) is 133 Å². The summed E-state index contributed by atoms with van der Waals surface area (Å²) in [5.74, 6) is -0.116. The van der Waals surface area contributed by atoms with Crippen molar-refractivity contribution in [1.82, 2.24) is 15.3 Å². The Bertz CT molecular complexity index is 6560. The second-order valence-electron chi connectivity index (χ2n) is 36.3. The first-order valence-electron chi connectivity index (χ1n) is 43.1. The lowest BCUT2D eigenvalue weighted by atomic mass is 9.86. The first-order chi connectivity index (χ1) is 65.2. The van der Waals surface area contributed by atoms with Gasteiger partial charge in [0.2, 0.25) is 0 Å². The standard InChI is InChI=1S/C21H25N3S.C17H17Br2NO.C17H17Br2NS.C17H16BrNS.C11H13ClO.2C6H3Br2NO2.C6H5Br2N.C6H4Br2/c1-21(2,3)16-9-7-15(8-10-16)20-23-17-5-4-6-18(19(17)25-20)24-13-11-22-12-14-24;2*1-17(2,3)12-9-7-11(8-10-12)16(21)20-14-6-4-5-13(18)15(14)19;1-17(2,3)12-9-7-11(8-10-12)16-19-14-6-4-5-13(18)15(14)20-16;1-11(2,3)9-6-4-8(5-7-9)10(12)13;7-5-2-1-4(9(10)11)3-6(5)8;7-4-2-1-3-5(6(4)8)9(10)11;7-4-2-1-3-5(9)6(4)8;7-5-3-1-2-4-6(5)8/h4-10,22H,11-14H2,1-3H3;2*4-10H,1-3H3,(H,20,21);4-10H,1-3H3;4-7H,1-3H3;2*1-3H;1-3H,9H2;1-4H. The van der Waals surface area contributed by atoms with E-state index < -0.39 is 15.1 Å². The number of carbonyl (C=O) groups is 2. The maximum absolute atomic E-state index is 12.3. The van der Waals surface area contributed by atoms with Gasteiger partial charge < -0.3 is 26.6 Å². The maximum Gasteiger partial charge on any atom is 0.284 e. The molecule has 0 saturated carbocycles. The summed E-state index contributed by atoms with van der Waals surface area (Å²) < 4.78 is 14.1. The Morgan fingerprint density at radius 1 is 0.388 bits per heavy atom. The Morgan fingerprint density at radius 2 is 0.741 bits per heavy atom. The number of fused-ring (bicyclic) bond motifs is 2. The molecule has 0 aliphatic carbocycles. The highest BCUT2D eigenvalue weighted by molar-refractivity contribution is 9.14. The molecular weight excluding hydrogens is 2680 g/mol. The molecule has 0 bridgehead atoms. The smallest absolute Gasteiger partial charge is 0.284 e. The minimum absolute atomic E-state index is 0.0689. The van der Waals surface area contributed by atoms with Crippen molar-refractivity contribution in [2.75, 3.05) is 47.4 Å². The van der Waals surface area contributed by atoms with Gasteiger partial charge in [0.15, 0.2) is 0 Å². The van der Waals surface area contributed by atoms with Crippen molar-refractivity contribution in [2.45, 2.75) is 131 Å². The van der Waals surface area contributed by atoms with Crippen LogP contribution in [0.15, 0.2) is 331 Å². The van der Waals surface area contributed by atoms with Crippen LogP contribution in [-0.2, 0) is 27.1 Å². The van der Waals surface area contributed by atoms with E-state index in [-0.39, 0.29) is 44.4 Å². The van der Waals surface area contributed by atoms with E-state index in [0.717, 1.165) is 115 Å². The third-order valence-electron chi connectivity index (χ3n) is 20.7. The number of halogens is 14. The number of hydrogen-bond acceptors (Lipinski definition) is 14. The number of carbonyl (C=O) groups excluding carboxylic acids is 2. The summed E-state index contributed by atoms with van der Waals surface area (Å²) in [5, 5.41) is 32.0. The molecule has 1 aliphatic rings. The van der Waals surface area contributed by atoms with Crippen LogP contribution in [0.5, 0.6) is 0 Å². The number of nitro groups is 2. The summed E-state index contributed by atoms with van der Waals surface area (Å²) in [4.78, 5) is 55.6. The van der Waals surface area contributed by atoms with Gasteiger partial charge >= 0.3 is 0 Å². The van der Waals surface area contributed by atoms with Gasteiger partial charge in [-0.2, -0.15) is 0 Å². The number of nitrogens with two attached hydrogens (primary N) is 1. The number of amides is 1. The van der Waals surface area contributed by atoms with Gasteiger partial charge in [0.1, 0.15) is 19.5 Å². The molecule has 3 heterocycles. The first-order valence-corrected chi connectivity index (χ1v) is 55.9. The van der Waals surface area contributed by atoms with Crippen molar-refractivity contribution in [3.05, 3.63) is 396 Å². The van der Waals surface area contributed by atoms with Gasteiger partial charge in [0, 0.05) is 118 Å². The fraction of sp³-hybridized carbons (Fsp3) is 0.224. The van der Waals surface area contributed by atoms with Crippen LogP contribution >= 0.6 is 254 Å². The predicted molar refractivity (Wildman–Crippen MR) is 638 cm³/mol. The number of piperazine rings is 1. The fourth-order valence-corrected chi connectivity index (χ4v) is 19.7. The van der Waals surface area contributed by atoms with Gasteiger partial charge in [-0.15, -0.1) is 22.7 Å². The highest BCUT2D eigenvalue weighted by atomic mass is 79.9. The Kier molecular flexibility index (Phi) is 46.3. The van der Waals surface area contributed by atoms with Gasteiger partial charge in [0.25, 0.3) is 22.5 Å². The molecule has 16 rings (SSSR count). The third-order valence-corrected chi connectivity index (χ3v) is 36.4. The van der Waals surface area contributed by atoms with Crippen LogP contribution in [0.4, 0.5) is 34.1 Å². The molecule has 0 radical (unpaired) electrons. The molecule has 0 spiro atoms. The van der Waals surface area contributed by atoms with Gasteiger partial charge in [-0.3, -0.25) is 29.8 Å². The summed E-state index contributed by atoms with van der Waals surface area (Å²) in [5.41, 5.74) is 23.4. The topological polar surface area (TPSA) is 212 Å². The fourth-order valence-electron chi connectivity index (χ4n) is 12.6. The molecule has 1 saturated heterocycles. The lowest BCUT2D eigenvalue weighted by Gasteiger charge is -2.29. The third kappa shape index (κ3) is 36.6. The summed E-state index contributed by atoms with van der Waals surface area (Å²) in [6, 6.07) is 88.4. The minimum atomic E-state index is -0.436. The quantitative estimate of drug-likeness (QED) is 0.0330. The van der Waals surface area contributed by atoms with Gasteiger partial charge in [-0.1, -0.05) is 262 Å². The molecule has 15 nitrogen and oxygen atoms in total. The van der Waals surface area contributed by atoms with E-state index in [4.69, 9.17) is 39.5 Å². The number of rotatable bonds is 10. The van der Waals surface area contributed by atoms with Gasteiger partial charge in [0.05, 0.1) is 60.8 Å². The average Bonchev–Trinajstić information content (AvgIpc) is 1.60. The van der Waals surface area contributed by atoms with Crippen LogP contribution in [0, 0.1) is 20.2 Å². The Hall–Kier alpha value is -6.44. The van der Waals surface area contributed by atoms with Crippen molar-refractivity contribution in [3.63, 3.8) is 0 Å². The highest BCUT2D eigenvalue weighted by Gasteiger charge is 2.23. The molecule has 0 unspecified atom stereocenters. The van der Waals surface area contributed by atoms with Crippen molar-refractivity contribution >= 4 is 324 Å². The van der Waals surface area contributed by atoms with Crippen molar-refractivity contribution in [3.8, 4) is 21.1 Å². The second kappa shape index (κ2) is 54.7. The second-order valence-corrected chi connectivity index (χ2v) is 49.9. The predicted octanol–water partition coefficient (Wildman–Crippen LogP) is 38.4. The lowest BCUT2D eigenvalue weighted by Crippen LogP contribution is -2.43. The number of nitrogen functional groups attached to an aromatic ring is 1. The van der Waals surface area contributed by atoms with Crippen molar-refractivity contribution < 1.29 is 19.4 Å². The van der Waals surface area contributed by atoms with Crippen molar-refractivity contribution in [2.24, 2.45) is 0 Å². The van der Waals surface area contributed by atoms with Crippen LogP contribution in [0.2, 0.25) is 0 Å². The summed E-state index contributed by atoms with van der Waals surface area (Å²) in [6.07, 6.45) is 0. The van der Waals surface area contributed by atoms with Crippen LogP contribution in [0.3, 0.4) is 0 Å². The first kappa shape index (κ1) is 118. The van der Waals surface area contributed by atoms with E-state index >= 15 is 0 Å². The molecule has 5 N–H and O–H groups in total. The molecule has 1 fully saturated rings. The summed E-state index contributed by atoms with van der Waals surface area (Å²) >= 11 is 57.8. The number of nitro benzene ring substituents is 2. The number of aromatic nitrogens is 2. The zero-order valence-corrected chi connectivity index (χ0v) is 102. The molecule has 0 atom stereocenters. The van der Waals surface area contributed by atoms with Crippen molar-refractivity contribution in [1.29, 1.82) is 0 Å². The number of thiazole rings is 2. The Morgan fingerprint density at radius 3 is 1.13 bits per heavy atom. The molecule has 15 aromatic rings. The van der Waals surface area contributed by atoms with E-state index in [0.29, 0.717) is 29.5 Å². The van der Waals surface area contributed by atoms with Crippen LogP contribution in [-0.4, -0.2) is 62.1 Å². The molecule has 1 amide bonds.